The third-order valence-corrected chi connectivity index (χ3v) is 5.16. The van der Waals surface area contributed by atoms with E-state index in [9.17, 15) is 14.4 Å². The lowest BCUT2D eigenvalue weighted by atomic mass is 10.1. The highest BCUT2D eigenvalue weighted by Gasteiger charge is 2.42. The largest absolute Gasteiger partial charge is 0.484 e. The van der Waals surface area contributed by atoms with Crippen molar-refractivity contribution in [1.29, 1.82) is 0 Å². The summed E-state index contributed by atoms with van der Waals surface area (Å²) in [5.41, 5.74) is 6.96. The van der Waals surface area contributed by atoms with E-state index in [4.69, 9.17) is 22.1 Å². The molecule has 164 valence electrons. The van der Waals surface area contributed by atoms with Gasteiger partial charge in [0.25, 0.3) is 17.7 Å². The Labute approximate surface area is 185 Å². The van der Waals surface area contributed by atoms with Gasteiger partial charge in [0.05, 0.1) is 0 Å². The van der Waals surface area contributed by atoms with Crippen LogP contribution in [0.25, 0.3) is 0 Å². The molecular weight excluding hydrogens is 420 g/mol. The number of nitrogens with zero attached hydrogens (tertiary/aromatic N) is 2. The number of benzene rings is 2. The van der Waals surface area contributed by atoms with E-state index < -0.39 is 18.0 Å². The van der Waals surface area contributed by atoms with Gasteiger partial charge in [0.15, 0.2) is 12.8 Å². The molecule has 31 heavy (non-hydrogen) atoms. The van der Waals surface area contributed by atoms with Crippen molar-refractivity contribution >= 4 is 29.3 Å². The number of amides is 3. The zero-order valence-corrected chi connectivity index (χ0v) is 18.0. The van der Waals surface area contributed by atoms with Crippen molar-refractivity contribution in [2.45, 2.75) is 13.1 Å². The normalized spacial score (nSPS) is 15.6. The third-order valence-electron chi connectivity index (χ3n) is 4.91. The van der Waals surface area contributed by atoms with Crippen molar-refractivity contribution in [3.8, 4) is 5.75 Å². The van der Waals surface area contributed by atoms with Crippen molar-refractivity contribution in [1.82, 2.24) is 15.1 Å². The molecule has 2 aromatic rings. The fourth-order valence-electron chi connectivity index (χ4n) is 3.29. The van der Waals surface area contributed by atoms with Crippen molar-refractivity contribution in [3.63, 3.8) is 0 Å². The first-order valence-corrected chi connectivity index (χ1v) is 10.3. The molecule has 9 heteroatoms. The molecule has 1 heterocycles. The molecule has 1 unspecified atom stereocenters. The maximum absolute atomic E-state index is 13.1. The molecular formula is C22H25ClN4O4. The Balaban J connectivity index is 1.75. The summed E-state index contributed by atoms with van der Waals surface area (Å²) < 4.78 is 5.53. The number of hydrogen-bond donors (Lipinski definition) is 2. The Morgan fingerprint density at radius 1 is 1.06 bits per heavy atom. The van der Waals surface area contributed by atoms with Crippen molar-refractivity contribution in [3.05, 3.63) is 64.7 Å². The van der Waals surface area contributed by atoms with E-state index in [-0.39, 0.29) is 38.7 Å². The van der Waals surface area contributed by atoms with E-state index in [0.717, 1.165) is 5.56 Å². The average Bonchev–Trinajstić information content (AvgIpc) is 3.22. The zero-order valence-electron chi connectivity index (χ0n) is 17.2. The minimum absolute atomic E-state index is 0.223. The van der Waals surface area contributed by atoms with E-state index in [1.807, 2.05) is 19.1 Å². The van der Waals surface area contributed by atoms with Gasteiger partial charge in [0.2, 0.25) is 0 Å². The van der Waals surface area contributed by atoms with Gasteiger partial charge in [0.1, 0.15) is 5.75 Å². The molecule has 1 atom stereocenters. The second kappa shape index (κ2) is 10.3. The van der Waals surface area contributed by atoms with Gasteiger partial charge >= 0.3 is 0 Å². The number of ether oxygens (including phenoxy) is 1. The second-order valence-electron chi connectivity index (χ2n) is 7.15. The van der Waals surface area contributed by atoms with E-state index in [1.165, 1.54) is 9.80 Å². The molecule has 3 N–H and O–H groups in total. The predicted molar refractivity (Wildman–Crippen MR) is 117 cm³/mol. The quantitative estimate of drug-likeness (QED) is 0.671. The van der Waals surface area contributed by atoms with E-state index in [2.05, 4.69) is 5.32 Å². The lowest BCUT2D eigenvalue weighted by molar-refractivity contribution is -0.142. The minimum Gasteiger partial charge on any atom is -0.484 e. The Kier molecular flexibility index (Phi) is 7.49. The van der Waals surface area contributed by atoms with Crippen molar-refractivity contribution in [2.24, 2.45) is 5.73 Å². The molecule has 0 bridgehead atoms. The summed E-state index contributed by atoms with van der Waals surface area (Å²) in [5, 5.41) is 3.23. The molecule has 3 amide bonds. The van der Waals surface area contributed by atoms with Crippen LogP contribution in [0.4, 0.5) is 0 Å². The molecule has 2 aromatic carbocycles. The highest BCUT2D eigenvalue weighted by molar-refractivity contribution is 6.30. The Morgan fingerprint density at radius 2 is 1.71 bits per heavy atom. The molecule has 8 nitrogen and oxygen atoms in total. The van der Waals surface area contributed by atoms with Crippen LogP contribution < -0.4 is 15.8 Å². The molecule has 1 aliphatic heterocycles. The van der Waals surface area contributed by atoms with Crippen LogP contribution in [0.1, 0.15) is 15.9 Å². The number of carbonyl (C=O) groups is 3. The van der Waals surface area contributed by atoms with Crippen molar-refractivity contribution in [2.75, 3.05) is 32.8 Å². The number of halogens is 1. The summed E-state index contributed by atoms with van der Waals surface area (Å²) in [6, 6.07) is 13.7. The zero-order chi connectivity index (χ0) is 22.4. The maximum Gasteiger partial charge on any atom is 0.263 e. The predicted octanol–water partition coefficient (Wildman–Crippen LogP) is 1.41. The molecule has 1 fully saturated rings. The summed E-state index contributed by atoms with van der Waals surface area (Å²) >= 11 is 5.86. The van der Waals surface area contributed by atoms with Gasteiger partial charge in [-0.2, -0.15) is 0 Å². The number of aryl methyl sites for hydroxylation is 1. The van der Waals surface area contributed by atoms with E-state index in [1.54, 1.807) is 36.4 Å². The molecule has 0 aliphatic carbocycles. The van der Waals surface area contributed by atoms with Gasteiger partial charge in [-0.25, -0.2) is 0 Å². The van der Waals surface area contributed by atoms with Crippen LogP contribution in [0.15, 0.2) is 48.5 Å². The number of hydrogen-bond acceptors (Lipinski definition) is 5. The summed E-state index contributed by atoms with van der Waals surface area (Å²) in [6.07, 6.45) is -1.07. The average molecular weight is 445 g/mol. The lowest BCUT2D eigenvalue weighted by Crippen LogP contribution is -2.55. The molecule has 0 aromatic heterocycles. The number of rotatable bonds is 7. The number of nitrogens with two attached hydrogens (primary N) is 1. The third kappa shape index (κ3) is 5.53. The monoisotopic (exact) mass is 444 g/mol. The number of carbonyl (C=O) groups excluding carboxylic acids is 3. The first kappa shape index (κ1) is 22.6. The fourth-order valence-corrected chi connectivity index (χ4v) is 3.42. The molecule has 3 rings (SSSR count). The van der Waals surface area contributed by atoms with Gasteiger partial charge in [-0.3, -0.25) is 14.4 Å². The fraction of sp³-hybridized carbons (Fsp3) is 0.318. The highest BCUT2D eigenvalue weighted by atomic mass is 35.5. The molecule has 1 aliphatic rings. The van der Waals surface area contributed by atoms with Crippen LogP contribution >= 0.6 is 11.6 Å². The van der Waals surface area contributed by atoms with Crippen LogP contribution in [-0.4, -0.2) is 66.5 Å². The second-order valence-corrected chi connectivity index (χ2v) is 7.58. The first-order valence-electron chi connectivity index (χ1n) is 9.94. The Bertz CT molecular complexity index is 934. The lowest BCUT2D eigenvalue weighted by Gasteiger charge is -2.29. The summed E-state index contributed by atoms with van der Waals surface area (Å²) in [6.45, 7) is 2.60. The van der Waals surface area contributed by atoms with Gasteiger partial charge in [-0.15, -0.1) is 0 Å². The molecule has 0 saturated carbocycles. The summed E-state index contributed by atoms with van der Waals surface area (Å²) in [5.74, 6) is -0.694. The Morgan fingerprint density at radius 3 is 2.35 bits per heavy atom. The van der Waals surface area contributed by atoms with Crippen molar-refractivity contribution < 1.29 is 19.1 Å². The molecule has 1 saturated heterocycles. The van der Waals surface area contributed by atoms with Crippen LogP contribution in [0.2, 0.25) is 5.02 Å². The van der Waals surface area contributed by atoms with Crippen LogP contribution in [0, 0.1) is 6.92 Å². The van der Waals surface area contributed by atoms with E-state index in [0.29, 0.717) is 16.3 Å². The summed E-state index contributed by atoms with van der Waals surface area (Å²) in [7, 11) is 0. The smallest absolute Gasteiger partial charge is 0.263 e. The summed E-state index contributed by atoms with van der Waals surface area (Å²) in [4.78, 5) is 41.5. The topological polar surface area (TPSA) is 105 Å². The Hall–Kier alpha value is -3.10. The standard InChI is InChI=1S/C22H25ClN4O4/c1-15-2-4-16(5-3-15)22(30)27-13-12-26(21(27)20(29)25-11-10-24)19(28)14-31-18-8-6-17(23)7-9-18/h2-9,21H,10-14,24H2,1H3,(H,25,29). The SMILES string of the molecule is Cc1ccc(C(=O)N2CCN(C(=O)COc3ccc(Cl)cc3)C2C(=O)NCCN)cc1. The van der Waals surface area contributed by atoms with E-state index >= 15 is 0 Å². The van der Waals surface area contributed by atoms with Crippen LogP contribution in [0.3, 0.4) is 0 Å². The minimum atomic E-state index is -1.07. The molecule has 0 spiro atoms. The van der Waals surface area contributed by atoms with Crippen LogP contribution in [0.5, 0.6) is 5.75 Å². The first-order chi connectivity index (χ1) is 14.9. The van der Waals surface area contributed by atoms with Gasteiger partial charge < -0.3 is 25.6 Å². The maximum atomic E-state index is 13.1. The number of nitrogens with one attached hydrogen (secondary N) is 1. The molecule has 0 radical (unpaired) electrons. The van der Waals surface area contributed by atoms with Gasteiger partial charge in [-0.1, -0.05) is 29.3 Å². The van der Waals surface area contributed by atoms with Gasteiger partial charge in [-0.05, 0) is 43.3 Å². The van der Waals surface area contributed by atoms with Gasteiger partial charge in [0, 0.05) is 36.8 Å². The highest BCUT2D eigenvalue weighted by Crippen LogP contribution is 2.20. The van der Waals surface area contributed by atoms with Crippen LogP contribution in [-0.2, 0) is 9.59 Å².